The third kappa shape index (κ3) is 2.58. The zero-order chi connectivity index (χ0) is 11.4. The van der Waals surface area contributed by atoms with Gasteiger partial charge in [-0.15, -0.1) is 0 Å². The first-order valence-corrected chi connectivity index (χ1v) is 5.41. The van der Waals surface area contributed by atoms with E-state index in [2.05, 4.69) is 43.4 Å². The van der Waals surface area contributed by atoms with Gasteiger partial charge in [-0.2, -0.15) is 5.10 Å². The van der Waals surface area contributed by atoms with E-state index in [9.17, 15) is 0 Å². The Morgan fingerprint density at radius 1 is 1.27 bits per heavy atom. The largest absolute Gasteiger partial charge is 0.313 e. The number of nitrogens with one attached hydrogen (secondary N) is 1. The van der Waals surface area contributed by atoms with Gasteiger partial charge >= 0.3 is 0 Å². The lowest BCUT2D eigenvalue weighted by molar-refractivity contribution is 0.899. The van der Waals surface area contributed by atoms with E-state index in [4.69, 9.17) is 0 Å². The molecule has 0 saturated heterocycles. The maximum atomic E-state index is 4.23. The van der Waals surface area contributed by atoms with Crippen molar-refractivity contribution in [3.8, 4) is 0 Å². The summed E-state index contributed by atoms with van der Waals surface area (Å²) in [6, 6.07) is 4.49. The molecular weight excluding hydrogens is 184 g/mol. The normalized spacial score (nSPS) is 11.7. The van der Waals surface area contributed by atoms with Crippen molar-refractivity contribution in [1.82, 2.24) is 5.43 Å². The Morgan fingerprint density at radius 2 is 1.93 bits per heavy atom. The predicted molar refractivity (Wildman–Crippen MR) is 66.6 cm³/mol. The summed E-state index contributed by atoms with van der Waals surface area (Å²) in [5.74, 6) is 0. The van der Waals surface area contributed by atoms with Crippen molar-refractivity contribution in [1.29, 1.82) is 0 Å². The van der Waals surface area contributed by atoms with Crippen LogP contribution in [0.25, 0.3) is 0 Å². The quantitative estimate of drug-likeness (QED) is 0.594. The number of nitrogens with zero attached hydrogens (tertiary/aromatic N) is 1. The topological polar surface area (TPSA) is 24.4 Å². The van der Waals surface area contributed by atoms with Gasteiger partial charge in [0.25, 0.3) is 0 Å². The summed E-state index contributed by atoms with van der Waals surface area (Å²) >= 11 is 0. The Kier molecular flexibility index (Phi) is 3.89. The molecule has 0 heterocycles. The fraction of sp³-hybridized carbons (Fsp3) is 0.462. The van der Waals surface area contributed by atoms with Gasteiger partial charge < -0.3 is 5.43 Å². The molecule has 0 aromatic heterocycles. The summed E-state index contributed by atoms with van der Waals surface area (Å²) in [5, 5.41) is 4.23. The van der Waals surface area contributed by atoms with Gasteiger partial charge in [-0.05, 0) is 49.9 Å². The molecule has 0 atom stereocenters. The molecule has 2 heteroatoms. The van der Waals surface area contributed by atoms with E-state index in [1.165, 1.54) is 22.3 Å². The van der Waals surface area contributed by atoms with Crippen LogP contribution in [0.3, 0.4) is 0 Å². The highest BCUT2D eigenvalue weighted by molar-refractivity contribution is 6.00. The molecule has 0 unspecified atom stereocenters. The fourth-order valence-corrected chi connectivity index (χ4v) is 1.90. The average molecular weight is 204 g/mol. The molecule has 0 aliphatic carbocycles. The molecular formula is C13H20N2. The van der Waals surface area contributed by atoms with Crippen molar-refractivity contribution in [3.63, 3.8) is 0 Å². The standard InChI is InChI=1S/C13H20N2/c1-6-12-8-13(11(4)15-14-5)10(3)7-9(12)2/h7-8,14H,6H2,1-5H3. The third-order valence-electron chi connectivity index (χ3n) is 2.73. The van der Waals surface area contributed by atoms with Gasteiger partial charge in [-0.1, -0.05) is 13.0 Å². The second-order valence-corrected chi connectivity index (χ2v) is 3.87. The van der Waals surface area contributed by atoms with Crippen LogP contribution in [-0.2, 0) is 6.42 Å². The molecule has 0 amide bonds. The van der Waals surface area contributed by atoms with Gasteiger partial charge in [0.15, 0.2) is 0 Å². The second-order valence-electron chi connectivity index (χ2n) is 3.87. The zero-order valence-corrected chi connectivity index (χ0v) is 10.3. The minimum Gasteiger partial charge on any atom is -0.313 e. The van der Waals surface area contributed by atoms with Gasteiger partial charge in [-0.3, -0.25) is 0 Å². The zero-order valence-electron chi connectivity index (χ0n) is 10.3. The van der Waals surface area contributed by atoms with Crippen molar-refractivity contribution in [3.05, 3.63) is 34.4 Å². The summed E-state index contributed by atoms with van der Waals surface area (Å²) in [6.45, 7) is 8.52. The molecule has 0 aliphatic rings. The summed E-state index contributed by atoms with van der Waals surface area (Å²) < 4.78 is 0. The highest BCUT2D eigenvalue weighted by Crippen LogP contribution is 2.17. The van der Waals surface area contributed by atoms with Gasteiger partial charge in [0.05, 0.1) is 5.71 Å². The van der Waals surface area contributed by atoms with Gasteiger partial charge in [0.2, 0.25) is 0 Å². The molecule has 1 rings (SSSR count). The highest BCUT2D eigenvalue weighted by Gasteiger charge is 2.05. The number of hydrogen-bond donors (Lipinski definition) is 1. The number of hydrogen-bond acceptors (Lipinski definition) is 2. The molecule has 0 saturated carbocycles. The summed E-state index contributed by atoms with van der Waals surface area (Å²) in [4.78, 5) is 0. The van der Waals surface area contributed by atoms with Crippen LogP contribution in [-0.4, -0.2) is 12.8 Å². The van der Waals surface area contributed by atoms with Crippen LogP contribution in [0.5, 0.6) is 0 Å². The lowest BCUT2D eigenvalue weighted by Gasteiger charge is -2.10. The summed E-state index contributed by atoms with van der Waals surface area (Å²) in [5.41, 5.74) is 9.19. The van der Waals surface area contributed by atoms with Gasteiger partial charge in [0.1, 0.15) is 0 Å². The van der Waals surface area contributed by atoms with Gasteiger partial charge in [0, 0.05) is 12.6 Å². The molecule has 0 aliphatic heterocycles. The van der Waals surface area contributed by atoms with E-state index in [1.807, 2.05) is 14.0 Å². The van der Waals surface area contributed by atoms with E-state index in [0.29, 0.717) is 0 Å². The summed E-state index contributed by atoms with van der Waals surface area (Å²) in [6.07, 6.45) is 1.08. The lowest BCUT2D eigenvalue weighted by Crippen LogP contribution is -2.06. The van der Waals surface area contributed by atoms with Crippen molar-refractivity contribution in [2.75, 3.05) is 7.05 Å². The van der Waals surface area contributed by atoms with Crippen LogP contribution in [0, 0.1) is 13.8 Å². The van der Waals surface area contributed by atoms with Crippen LogP contribution >= 0.6 is 0 Å². The van der Waals surface area contributed by atoms with E-state index >= 15 is 0 Å². The van der Waals surface area contributed by atoms with Crippen LogP contribution in [0.2, 0.25) is 0 Å². The molecule has 0 fully saturated rings. The van der Waals surface area contributed by atoms with E-state index in [-0.39, 0.29) is 0 Å². The van der Waals surface area contributed by atoms with Crippen LogP contribution in [0.15, 0.2) is 17.2 Å². The first kappa shape index (κ1) is 11.8. The van der Waals surface area contributed by atoms with Crippen molar-refractivity contribution in [2.45, 2.75) is 34.1 Å². The van der Waals surface area contributed by atoms with Crippen LogP contribution in [0.4, 0.5) is 0 Å². The smallest absolute Gasteiger partial charge is 0.0646 e. The molecule has 2 nitrogen and oxygen atoms in total. The summed E-state index contributed by atoms with van der Waals surface area (Å²) in [7, 11) is 1.83. The molecule has 0 bridgehead atoms. The second kappa shape index (κ2) is 4.96. The Labute approximate surface area is 92.4 Å². The molecule has 1 aromatic rings. The lowest BCUT2D eigenvalue weighted by atomic mass is 9.96. The van der Waals surface area contributed by atoms with Crippen molar-refractivity contribution < 1.29 is 0 Å². The number of hydrazone groups is 1. The first-order valence-electron chi connectivity index (χ1n) is 5.41. The molecule has 1 N–H and O–H groups in total. The third-order valence-corrected chi connectivity index (χ3v) is 2.73. The maximum absolute atomic E-state index is 4.23. The maximum Gasteiger partial charge on any atom is 0.0646 e. The Balaban J connectivity index is 3.24. The number of rotatable bonds is 3. The van der Waals surface area contributed by atoms with Crippen molar-refractivity contribution in [2.24, 2.45) is 5.10 Å². The average Bonchev–Trinajstić information content (AvgIpc) is 2.18. The van der Waals surface area contributed by atoms with Crippen molar-refractivity contribution >= 4 is 5.71 Å². The van der Waals surface area contributed by atoms with E-state index < -0.39 is 0 Å². The van der Waals surface area contributed by atoms with Gasteiger partial charge in [-0.25, -0.2) is 0 Å². The molecule has 0 spiro atoms. The number of benzene rings is 1. The SMILES string of the molecule is CCc1cc(C(C)=NNC)c(C)cc1C. The Bertz CT molecular complexity index is 378. The molecule has 1 aromatic carbocycles. The monoisotopic (exact) mass is 204 g/mol. The minimum atomic E-state index is 1.05. The number of aryl methyl sites for hydroxylation is 3. The molecule has 0 radical (unpaired) electrons. The van der Waals surface area contributed by atoms with Crippen LogP contribution < -0.4 is 5.43 Å². The van der Waals surface area contributed by atoms with Crippen LogP contribution in [0.1, 0.15) is 36.1 Å². The first-order chi connectivity index (χ1) is 7.10. The fourth-order valence-electron chi connectivity index (χ4n) is 1.90. The highest BCUT2D eigenvalue weighted by atomic mass is 15.3. The molecule has 82 valence electrons. The predicted octanol–water partition coefficient (Wildman–Crippen LogP) is 2.81. The minimum absolute atomic E-state index is 1.05. The molecule has 15 heavy (non-hydrogen) atoms. The Hall–Kier alpha value is -1.31. The van der Waals surface area contributed by atoms with E-state index in [1.54, 1.807) is 0 Å². The van der Waals surface area contributed by atoms with E-state index in [0.717, 1.165) is 12.1 Å². The Morgan fingerprint density at radius 3 is 2.47 bits per heavy atom.